The van der Waals surface area contributed by atoms with Gasteiger partial charge in [-0.25, -0.2) is 4.39 Å². The van der Waals surface area contributed by atoms with Crippen molar-refractivity contribution >= 4 is 11.3 Å². The molecule has 0 saturated heterocycles. The Kier molecular flexibility index (Phi) is 4.86. The van der Waals surface area contributed by atoms with Crippen LogP contribution in [0.5, 0.6) is 0 Å². The van der Waals surface area contributed by atoms with E-state index >= 15 is 0 Å². The van der Waals surface area contributed by atoms with E-state index in [-0.39, 0.29) is 5.82 Å². The van der Waals surface area contributed by atoms with Crippen LogP contribution in [0.15, 0.2) is 76.5 Å². The van der Waals surface area contributed by atoms with Gasteiger partial charge in [0, 0.05) is 22.5 Å². The molecule has 4 nitrogen and oxygen atoms in total. The zero-order chi connectivity index (χ0) is 17.8. The minimum atomic E-state index is -0.525. The minimum absolute atomic E-state index is 0.310. The molecule has 1 atom stereocenters. The average molecular weight is 365 g/mol. The summed E-state index contributed by atoms with van der Waals surface area (Å²) in [5.74, 6) is 0.445. The molecule has 0 fully saturated rings. The van der Waals surface area contributed by atoms with E-state index in [0.717, 1.165) is 10.4 Å². The first-order chi connectivity index (χ1) is 12.8. The molecule has 0 saturated carbocycles. The first-order valence-corrected chi connectivity index (χ1v) is 9.08. The van der Waals surface area contributed by atoms with Gasteiger partial charge in [-0.15, -0.1) is 21.5 Å². The molecule has 4 aromatic rings. The third-order valence-corrected chi connectivity index (χ3v) is 4.86. The lowest BCUT2D eigenvalue weighted by Gasteiger charge is -2.15. The number of nitrogens with one attached hydrogen (secondary N) is 1. The minimum Gasteiger partial charge on any atom is -0.419 e. The summed E-state index contributed by atoms with van der Waals surface area (Å²) < 4.78 is 20.3. The van der Waals surface area contributed by atoms with Crippen molar-refractivity contribution in [3.63, 3.8) is 0 Å². The van der Waals surface area contributed by atoms with Gasteiger partial charge >= 0.3 is 0 Å². The number of thiophene rings is 1. The highest BCUT2D eigenvalue weighted by atomic mass is 32.1. The Bertz CT molecular complexity index is 970. The summed E-state index contributed by atoms with van der Waals surface area (Å²) >= 11 is 1.64. The van der Waals surface area contributed by atoms with Crippen molar-refractivity contribution in [1.29, 1.82) is 0 Å². The van der Waals surface area contributed by atoms with Crippen molar-refractivity contribution in [2.75, 3.05) is 0 Å². The van der Waals surface area contributed by atoms with Crippen molar-refractivity contribution < 1.29 is 8.81 Å². The van der Waals surface area contributed by atoms with E-state index in [0.29, 0.717) is 23.9 Å². The van der Waals surface area contributed by atoms with Crippen LogP contribution in [0.25, 0.3) is 11.5 Å². The molecule has 0 amide bonds. The summed E-state index contributed by atoms with van der Waals surface area (Å²) in [6, 6.07) is 19.6. The fourth-order valence-corrected chi connectivity index (χ4v) is 3.36. The fraction of sp³-hybridized carbons (Fsp3) is 0.100. The van der Waals surface area contributed by atoms with Crippen LogP contribution >= 0.6 is 11.3 Å². The highest BCUT2D eigenvalue weighted by Crippen LogP contribution is 2.27. The molecule has 0 aliphatic heterocycles. The largest absolute Gasteiger partial charge is 0.419 e. The predicted molar refractivity (Wildman–Crippen MR) is 99.1 cm³/mol. The molecule has 26 heavy (non-hydrogen) atoms. The van der Waals surface area contributed by atoms with Crippen LogP contribution in [0.3, 0.4) is 0 Å². The van der Waals surface area contributed by atoms with E-state index in [2.05, 4.69) is 15.5 Å². The van der Waals surface area contributed by atoms with Gasteiger partial charge in [0.1, 0.15) is 11.9 Å². The van der Waals surface area contributed by atoms with Gasteiger partial charge in [0.05, 0.1) is 0 Å². The number of rotatable bonds is 6. The van der Waals surface area contributed by atoms with E-state index in [4.69, 9.17) is 4.42 Å². The maximum absolute atomic E-state index is 14.4. The normalized spacial score (nSPS) is 12.2. The van der Waals surface area contributed by atoms with E-state index in [1.54, 1.807) is 29.5 Å². The molecule has 4 rings (SSSR count). The van der Waals surface area contributed by atoms with Gasteiger partial charge in [0.2, 0.25) is 11.8 Å². The molecule has 0 spiro atoms. The van der Waals surface area contributed by atoms with Gasteiger partial charge in [-0.3, -0.25) is 5.32 Å². The topological polar surface area (TPSA) is 51.0 Å². The van der Waals surface area contributed by atoms with Crippen molar-refractivity contribution in [2.45, 2.75) is 12.6 Å². The molecular formula is C20H16FN3OS. The van der Waals surface area contributed by atoms with E-state index < -0.39 is 6.04 Å². The number of benzene rings is 2. The van der Waals surface area contributed by atoms with Crippen molar-refractivity contribution in [3.05, 3.63) is 94.3 Å². The van der Waals surface area contributed by atoms with Crippen molar-refractivity contribution in [1.82, 2.24) is 15.5 Å². The Labute approximate surface area is 154 Å². The Morgan fingerprint density at radius 3 is 2.54 bits per heavy atom. The Morgan fingerprint density at radius 1 is 0.962 bits per heavy atom. The van der Waals surface area contributed by atoms with E-state index in [1.807, 2.05) is 47.8 Å². The second-order valence-electron chi connectivity index (χ2n) is 5.73. The van der Waals surface area contributed by atoms with Crippen LogP contribution in [-0.4, -0.2) is 10.2 Å². The first-order valence-electron chi connectivity index (χ1n) is 8.20. The van der Waals surface area contributed by atoms with Crippen LogP contribution in [0, 0.1) is 5.82 Å². The Hall–Kier alpha value is -2.83. The van der Waals surface area contributed by atoms with E-state index in [1.165, 1.54) is 6.07 Å². The molecule has 2 heterocycles. The number of halogens is 1. The zero-order valence-electron chi connectivity index (χ0n) is 13.8. The number of hydrogen-bond acceptors (Lipinski definition) is 5. The second-order valence-corrected chi connectivity index (χ2v) is 6.76. The third-order valence-electron chi connectivity index (χ3n) is 3.99. The maximum Gasteiger partial charge on any atom is 0.247 e. The zero-order valence-corrected chi connectivity index (χ0v) is 14.6. The molecule has 130 valence electrons. The highest BCUT2D eigenvalue weighted by molar-refractivity contribution is 7.09. The van der Waals surface area contributed by atoms with Gasteiger partial charge in [0.15, 0.2) is 0 Å². The summed E-state index contributed by atoms with van der Waals surface area (Å²) in [4.78, 5) is 1.15. The molecular weight excluding hydrogens is 349 g/mol. The van der Waals surface area contributed by atoms with Crippen LogP contribution in [0.1, 0.15) is 22.4 Å². The third kappa shape index (κ3) is 3.56. The van der Waals surface area contributed by atoms with Gasteiger partial charge in [-0.2, -0.15) is 0 Å². The smallest absolute Gasteiger partial charge is 0.247 e. The van der Waals surface area contributed by atoms with Crippen LogP contribution in [-0.2, 0) is 6.54 Å². The second kappa shape index (κ2) is 7.59. The highest BCUT2D eigenvalue weighted by Gasteiger charge is 2.23. The fourth-order valence-electron chi connectivity index (χ4n) is 2.70. The Morgan fingerprint density at radius 2 is 1.77 bits per heavy atom. The molecule has 1 unspecified atom stereocenters. The molecule has 0 aliphatic rings. The van der Waals surface area contributed by atoms with Gasteiger partial charge in [-0.05, 0) is 29.6 Å². The summed E-state index contributed by atoms with van der Waals surface area (Å²) in [6.45, 7) is 0.583. The summed E-state index contributed by atoms with van der Waals surface area (Å²) in [5.41, 5.74) is 1.31. The monoisotopic (exact) mass is 365 g/mol. The van der Waals surface area contributed by atoms with Crippen molar-refractivity contribution in [2.24, 2.45) is 0 Å². The SMILES string of the molecule is Fc1ccccc1C(NCc1cccs1)c1nnc(-c2ccccc2)o1. The standard InChI is InChI=1S/C20H16FN3OS/c21-17-11-5-4-10-16(17)18(22-13-15-9-6-12-26-15)20-24-23-19(25-20)14-7-2-1-3-8-14/h1-12,18,22H,13H2. The van der Waals surface area contributed by atoms with Crippen LogP contribution in [0.4, 0.5) is 4.39 Å². The molecule has 2 aromatic heterocycles. The summed E-state index contributed by atoms with van der Waals surface area (Å²) in [6.07, 6.45) is 0. The lowest BCUT2D eigenvalue weighted by molar-refractivity contribution is 0.428. The summed E-state index contributed by atoms with van der Waals surface area (Å²) in [5, 5.41) is 13.6. The van der Waals surface area contributed by atoms with E-state index in [9.17, 15) is 4.39 Å². The molecule has 6 heteroatoms. The van der Waals surface area contributed by atoms with Crippen molar-refractivity contribution in [3.8, 4) is 11.5 Å². The number of nitrogens with zero attached hydrogens (tertiary/aromatic N) is 2. The summed E-state index contributed by atoms with van der Waals surface area (Å²) in [7, 11) is 0. The van der Waals surface area contributed by atoms with Gasteiger partial charge < -0.3 is 4.42 Å². The predicted octanol–water partition coefficient (Wildman–Crippen LogP) is 4.82. The lowest BCUT2D eigenvalue weighted by atomic mass is 10.1. The molecule has 0 bridgehead atoms. The van der Waals surface area contributed by atoms with Gasteiger partial charge in [0.25, 0.3) is 0 Å². The molecule has 2 aromatic carbocycles. The average Bonchev–Trinajstić information content (AvgIpc) is 3.36. The molecule has 0 aliphatic carbocycles. The van der Waals surface area contributed by atoms with Gasteiger partial charge in [-0.1, -0.05) is 42.5 Å². The lowest BCUT2D eigenvalue weighted by Crippen LogP contribution is -2.23. The quantitative estimate of drug-likeness (QED) is 0.532. The number of aromatic nitrogens is 2. The molecule has 0 radical (unpaired) electrons. The maximum atomic E-state index is 14.4. The van der Waals surface area contributed by atoms with Crippen LogP contribution < -0.4 is 5.32 Å². The molecule has 1 N–H and O–H groups in total. The van der Waals surface area contributed by atoms with Crippen LogP contribution in [0.2, 0.25) is 0 Å². The first kappa shape index (κ1) is 16.6. The number of hydrogen-bond donors (Lipinski definition) is 1. The Balaban J connectivity index is 1.66.